The van der Waals surface area contributed by atoms with Crippen LogP contribution in [0, 0.1) is 5.82 Å². The molecule has 1 aromatic heterocycles. The van der Waals surface area contributed by atoms with Gasteiger partial charge in [0.15, 0.2) is 0 Å². The average Bonchev–Trinajstić information content (AvgIpc) is 2.92. The van der Waals surface area contributed by atoms with Gasteiger partial charge in [-0.3, -0.25) is 0 Å². The summed E-state index contributed by atoms with van der Waals surface area (Å²) in [5.74, 6) is -2.32. The number of carbonyl (C=O) groups is 1. The molecule has 2 rings (SSSR count). The number of rotatable bonds is 5. The number of thiophene rings is 1. The van der Waals surface area contributed by atoms with Crippen molar-refractivity contribution in [1.82, 2.24) is 4.72 Å². The molecule has 0 fully saturated rings. The van der Waals surface area contributed by atoms with Gasteiger partial charge in [-0.2, -0.15) is 0 Å². The molecule has 0 radical (unpaired) electrons. The van der Waals surface area contributed by atoms with Crippen LogP contribution in [-0.4, -0.2) is 19.5 Å². The predicted molar refractivity (Wildman–Crippen MR) is 76.4 cm³/mol. The Bertz CT molecular complexity index is 756. The standard InChI is InChI=1S/C13H12FNO4S2/c1-8(11-3-2-6-20-11)15-21(18,19)12-7-9(13(16)17)4-5-10(12)14/h2-8,15H,1H3,(H,16,17)/t8-/m0/s1. The van der Waals surface area contributed by atoms with E-state index in [1.165, 1.54) is 11.3 Å². The lowest BCUT2D eigenvalue weighted by Crippen LogP contribution is -2.27. The topological polar surface area (TPSA) is 83.5 Å². The van der Waals surface area contributed by atoms with Crippen LogP contribution in [0.25, 0.3) is 0 Å². The second-order valence-electron chi connectivity index (χ2n) is 4.31. The van der Waals surface area contributed by atoms with E-state index in [2.05, 4.69) is 4.72 Å². The van der Waals surface area contributed by atoms with Gasteiger partial charge in [0.05, 0.1) is 11.6 Å². The van der Waals surface area contributed by atoms with Gasteiger partial charge in [-0.05, 0) is 36.6 Å². The Hall–Kier alpha value is -1.77. The lowest BCUT2D eigenvalue weighted by Gasteiger charge is -2.13. The zero-order valence-electron chi connectivity index (χ0n) is 10.9. The summed E-state index contributed by atoms with van der Waals surface area (Å²) in [4.78, 5) is 11.0. The fourth-order valence-electron chi connectivity index (χ4n) is 1.73. The minimum absolute atomic E-state index is 0.291. The highest BCUT2D eigenvalue weighted by atomic mass is 32.2. The van der Waals surface area contributed by atoms with Crippen molar-refractivity contribution in [2.24, 2.45) is 0 Å². The van der Waals surface area contributed by atoms with Crippen molar-refractivity contribution in [3.63, 3.8) is 0 Å². The molecular formula is C13H12FNO4S2. The van der Waals surface area contributed by atoms with Crippen molar-refractivity contribution in [3.8, 4) is 0 Å². The highest BCUT2D eigenvalue weighted by Crippen LogP contribution is 2.23. The Balaban J connectivity index is 2.35. The Morgan fingerprint density at radius 1 is 1.38 bits per heavy atom. The third-order valence-corrected chi connectivity index (χ3v) is 5.38. The fraction of sp³-hybridized carbons (Fsp3) is 0.154. The smallest absolute Gasteiger partial charge is 0.335 e. The van der Waals surface area contributed by atoms with Crippen molar-refractivity contribution in [2.45, 2.75) is 17.9 Å². The molecular weight excluding hydrogens is 317 g/mol. The summed E-state index contributed by atoms with van der Waals surface area (Å²) in [6, 6.07) is 5.63. The van der Waals surface area contributed by atoms with Gasteiger partial charge < -0.3 is 5.11 Å². The van der Waals surface area contributed by atoms with Crippen molar-refractivity contribution in [1.29, 1.82) is 0 Å². The van der Waals surface area contributed by atoms with Gasteiger partial charge in [-0.15, -0.1) is 11.3 Å². The van der Waals surface area contributed by atoms with E-state index >= 15 is 0 Å². The molecule has 1 atom stereocenters. The first-order valence-corrected chi connectivity index (χ1v) is 8.26. The molecule has 1 aromatic carbocycles. The molecule has 0 bridgehead atoms. The van der Waals surface area contributed by atoms with Crippen LogP contribution in [0.2, 0.25) is 0 Å². The largest absolute Gasteiger partial charge is 0.478 e. The van der Waals surface area contributed by atoms with Crippen LogP contribution >= 0.6 is 11.3 Å². The van der Waals surface area contributed by atoms with Gasteiger partial charge in [0.1, 0.15) is 10.7 Å². The summed E-state index contributed by atoms with van der Waals surface area (Å²) >= 11 is 1.36. The van der Waals surface area contributed by atoms with E-state index in [1.54, 1.807) is 24.4 Å². The molecule has 2 N–H and O–H groups in total. The maximum atomic E-state index is 13.7. The van der Waals surface area contributed by atoms with Crippen LogP contribution in [0.4, 0.5) is 4.39 Å². The molecule has 2 aromatic rings. The van der Waals surface area contributed by atoms with Crippen LogP contribution < -0.4 is 4.72 Å². The summed E-state index contributed by atoms with van der Waals surface area (Å²) in [6.45, 7) is 1.63. The summed E-state index contributed by atoms with van der Waals surface area (Å²) in [7, 11) is -4.15. The summed E-state index contributed by atoms with van der Waals surface area (Å²) in [5.41, 5.74) is -0.291. The van der Waals surface area contributed by atoms with Crippen LogP contribution in [0.5, 0.6) is 0 Å². The SMILES string of the molecule is C[C@H](NS(=O)(=O)c1cc(C(=O)O)ccc1F)c1cccs1. The van der Waals surface area contributed by atoms with Crippen LogP contribution in [0.3, 0.4) is 0 Å². The third kappa shape index (κ3) is 3.46. The molecule has 112 valence electrons. The lowest BCUT2D eigenvalue weighted by molar-refractivity contribution is 0.0696. The maximum Gasteiger partial charge on any atom is 0.335 e. The number of carboxylic acids is 1. The number of carboxylic acid groups (broad SMARTS) is 1. The monoisotopic (exact) mass is 329 g/mol. The number of nitrogens with one attached hydrogen (secondary N) is 1. The van der Waals surface area contributed by atoms with Gasteiger partial charge >= 0.3 is 5.97 Å². The van der Waals surface area contributed by atoms with Crippen molar-refractivity contribution in [2.75, 3.05) is 0 Å². The Morgan fingerprint density at radius 2 is 2.10 bits per heavy atom. The normalized spacial score (nSPS) is 13.0. The molecule has 0 spiro atoms. The minimum Gasteiger partial charge on any atom is -0.478 e. The zero-order valence-corrected chi connectivity index (χ0v) is 12.5. The summed E-state index contributed by atoms with van der Waals surface area (Å²) in [6.07, 6.45) is 0. The van der Waals surface area contributed by atoms with Crippen molar-refractivity contribution in [3.05, 3.63) is 52.0 Å². The van der Waals surface area contributed by atoms with Gasteiger partial charge in [-0.25, -0.2) is 22.3 Å². The highest BCUT2D eigenvalue weighted by Gasteiger charge is 2.23. The summed E-state index contributed by atoms with van der Waals surface area (Å²) < 4.78 is 40.4. The van der Waals surface area contributed by atoms with E-state index in [4.69, 9.17) is 5.11 Å². The van der Waals surface area contributed by atoms with E-state index in [0.717, 1.165) is 23.1 Å². The number of hydrogen-bond acceptors (Lipinski definition) is 4. The van der Waals surface area contributed by atoms with Crippen molar-refractivity contribution >= 4 is 27.3 Å². The number of halogens is 1. The van der Waals surface area contributed by atoms with E-state index in [1.807, 2.05) is 0 Å². The first-order valence-electron chi connectivity index (χ1n) is 5.90. The Kier molecular flexibility index (Phi) is 4.40. The predicted octanol–water partition coefficient (Wildman–Crippen LogP) is 2.62. The molecule has 1 heterocycles. The molecule has 0 aliphatic heterocycles. The second kappa shape index (κ2) is 5.92. The van der Waals surface area contributed by atoms with Gasteiger partial charge in [-0.1, -0.05) is 6.07 Å². The van der Waals surface area contributed by atoms with E-state index < -0.39 is 32.7 Å². The second-order valence-corrected chi connectivity index (χ2v) is 6.97. The number of sulfonamides is 1. The Morgan fingerprint density at radius 3 is 2.67 bits per heavy atom. The molecule has 0 saturated heterocycles. The fourth-order valence-corrected chi connectivity index (χ4v) is 3.87. The number of hydrogen-bond donors (Lipinski definition) is 2. The van der Waals surface area contributed by atoms with Gasteiger partial charge in [0.25, 0.3) is 0 Å². The molecule has 0 saturated carbocycles. The quantitative estimate of drug-likeness (QED) is 0.883. The molecule has 5 nitrogen and oxygen atoms in total. The minimum atomic E-state index is -4.15. The zero-order chi connectivity index (χ0) is 15.6. The van der Waals surface area contributed by atoms with E-state index in [-0.39, 0.29) is 5.56 Å². The van der Waals surface area contributed by atoms with E-state index in [9.17, 15) is 17.6 Å². The van der Waals surface area contributed by atoms with E-state index in [0.29, 0.717) is 0 Å². The summed E-state index contributed by atoms with van der Waals surface area (Å²) in [5, 5.41) is 10.7. The molecule has 0 aliphatic carbocycles. The van der Waals surface area contributed by atoms with Crippen LogP contribution in [0.15, 0.2) is 40.6 Å². The lowest BCUT2D eigenvalue weighted by atomic mass is 10.2. The average molecular weight is 329 g/mol. The number of benzene rings is 1. The number of aromatic carboxylic acids is 1. The molecule has 0 amide bonds. The van der Waals surface area contributed by atoms with Crippen LogP contribution in [0.1, 0.15) is 28.2 Å². The van der Waals surface area contributed by atoms with Gasteiger partial charge in [0, 0.05) is 4.88 Å². The molecule has 21 heavy (non-hydrogen) atoms. The highest BCUT2D eigenvalue weighted by molar-refractivity contribution is 7.89. The maximum absolute atomic E-state index is 13.7. The van der Waals surface area contributed by atoms with Crippen LogP contribution in [-0.2, 0) is 10.0 Å². The first kappa shape index (κ1) is 15.6. The first-order chi connectivity index (χ1) is 9.81. The Labute approximate surface area is 125 Å². The van der Waals surface area contributed by atoms with Crippen molar-refractivity contribution < 1.29 is 22.7 Å². The molecule has 8 heteroatoms. The van der Waals surface area contributed by atoms with Gasteiger partial charge in [0.2, 0.25) is 10.0 Å². The molecule has 0 aliphatic rings. The third-order valence-electron chi connectivity index (χ3n) is 2.77. The molecule has 0 unspecified atom stereocenters.